The van der Waals surface area contributed by atoms with Gasteiger partial charge in [0.2, 0.25) is 0 Å². The fourth-order valence-electron chi connectivity index (χ4n) is 1.68. The van der Waals surface area contributed by atoms with Crippen LogP contribution in [0.4, 0.5) is 4.39 Å². The third-order valence-corrected chi connectivity index (χ3v) is 2.83. The van der Waals surface area contributed by atoms with Gasteiger partial charge < -0.3 is 5.32 Å². The molecule has 0 fully saturated rings. The van der Waals surface area contributed by atoms with Crippen LogP contribution in [0.1, 0.15) is 32.8 Å². The molecule has 0 radical (unpaired) electrons. The molecule has 1 aromatic rings. The summed E-state index contributed by atoms with van der Waals surface area (Å²) in [4.78, 5) is 10.8. The third kappa shape index (κ3) is 4.65. The van der Waals surface area contributed by atoms with Crippen molar-refractivity contribution in [1.29, 1.82) is 0 Å². The van der Waals surface area contributed by atoms with Crippen LogP contribution < -0.4 is 5.32 Å². The molecule has 1 aromatic carbocycles. The lowest BCUT2D eigenvalue weighted by Gasteiger charge is -2.25. The molecule has 94 valence electrons. The Morgan fingerprint density at radius 1 is 1.41 bits per heavy atom. The second kappa shape index (κ2) is 5.92. The lowest BCUT2D eigenvalue weighted by molar-refractivity contribution is -0.116. The van der Waals surface area contributed by atoms with E-state index in [1.54, 1.807) is 19.1 Å². The Morgan fingerprint density at radius 2 is 2.12 bits per heavy atom. The fraction of sp³-hybridized carbons (Fsp3) is 0.500. The number of nitrogens with one attached hydrogen (secondary N) is 1. The van der Waals surface area contributed by atoms with Gasteiger partial charge in [0.1, 0.15) is 11.6 Å². The minimum atomic E-state index is -0.209. The predicted molar refractivity (Wildman–Crippen MR) is 67.6 cm³/mol. The highest BCUT2D eigenvalue weighted by atomic mass is 19.1. The fourth-order valence-corrected chi connectivity index (χ4v) is 1.68. The second-order valence-electron chi connectivity index (χ2n) is 5.02. The Hall–Kier alpha value is -1.22. The first-order valence-corrected chi connectivity index (χ1v) is 5.88. The zero-order valence-electron chi connectivity index (χ0n) is 10.7. The minimum absolute atomic E-state index is 0.140. The average molecular weight is 237 g/mol. The highest BCUT2D eigenvalue weighted by Gasteiger charge is 2.20. The van der Waals surface area contributed by atoms with Crippen molar-refractivity contribution in [3.8, 4) is 0 Å². The molecule has 2 nitrogen and oxygen atoms in total. The van der Waals surface area contributed by atoms with Gasteiger partial charge in [-0.1, -0.05) is 26.0 Å². The number of halogens is 1. The monoisotopic (exact) mass is 237 g/mol. The molecule has 0 bridgehead atoms. The van der Waals surface area contributed by atoms with Crippen molar-refractivity contribution in [2.45, 2.75) is 32.6 Å². The van der Waals surface area contributed by atoms with Gasteiger partial charge in [-0.2, -0.15) is 0 Å². The van der Waals surface area contributed by atoms with Crippen molar-refractivity contribution in [2.24, 2.45) is 0 Å². The van der Waals surface area contributed by atoms with Crippen molar-refractivity contribution in [2.75, 3.05) is 13.1 Å². The molecule has 0 aliphatic carbocycles. The smallest absolute Gasteiger partial charge is 0.131 e. The van der Waals surface area contributed by atoms with Crippen molar-refractivity contribution in [3.63, 3.8) is 0 Å². The first-order chi connectivity index (χ1) is 7.92. The number of carbonyl (C=O) groups excluding carboxylic acids is 1. The van der Waals surface area contributed by atoms with E-state index in [-0.39, 0.29) is 17.0 Å². The summed E-state index contributed by atoms with van der Waals surface area (Å²) in [6.45, 7) is 7.10. The van der Waals surface area contributed by atoms with Crippen LogP contribution in [0, 0.1) is 5.82 Å². The van der Waals surface area contributed by atoms with Crippen LogP contribution in [0.3, 0.4) is 0 Å². The molecular weight excluding hydrogens is 217 g/mol. The molecule has 0 unspecified atom stereocenters. The Labute approximate surface area is 102 Å². The standard InChI is InChI=1S/C14H20FNO/c1-11(17)7-8-16-10-14(2,3)12-5-4-6-13(15)9-12/h4-6,9,16H,7-8,10H2,1-3H3. The lowest BCUT2D eigenvalue weighted by atomic mass is 9.84. The number of ketones is 1. The molecule has 0 amide bonds. The SMILES string of the molecule is CC(=O)CCNCC(C)(C)c1cccc(F)c1. The number of hydrogen-bond acceptors (Lipinski definition) is 2. The van der Waals surface area contributed by atoms with Gasteiger partial charge in [-0.15, -0.1) is 0 Å². The summed E-state index contributed by atoms with van der Waals surface area (Å²) in [5, 5.41) is 3.23. The van der Waals surface area contributed by atoms with E-state index < -0.39 is 0 Å². The Balaban J connectivity index is 2.53. The average Bonchev–Trinajstić information content (AvgIpc) is 2.24. The summed E-state index contributed by atoms with van der Waals surface area (Å²) < 4.78 is 13.1. The minimum Gasteiger partial charge on any atom is -0.315 e. The summed E-state index contributed by atoms with van der Waals surface area (Å²) in [6, 6.07) is 6.66. The van der Waals surface area contributed by atoms with Gasteiger partial charge in [0, 0.05) is 24.9 Å². The summed E-state index contributed by atoms with van der Waals surface area (Å²) in [5.41, 5.74) is 0.826. The van der Waals surface area contributed by atoms with Crippen LogP contribution in [0.25, 0.3) is 0 Å². The summed E-state index contributed by atoms with van der Waals surface area (Å²) in [6.07, 6.45) is 0.541. The van der Waals surface area contributed by atoms with E-state index in [0.29, 0.717) is 13.0 Å². The normalized spacial score (nSPS) is 11.5. The van der Waals surface area contributed by atoms with Crippen molar-refractivity contribution in [1.82, 2.24) is 5.32 Å². The molecule has 3 heteroatoms. The van der Waals surface area contributed by atoms with Crippen LogP contribution in [-0.4, -0.2) is 18.9 Å². The molecule has 17 heavy (non-hydrogen) atoms. The van der Waals surface area contributed by atoms with Gasteiger partial charge in [-0.25, -0.2) is 4.39 Å². The zero-order chi connectivity index (χ0) is 12.9. The maximum Gasteiger partial charge on any atom is 0.131 e. The van der Waals surface area contributed by atoms with Gasteiger partial charge >= 0.3 is 0 Å². The van der Waals surface area contributed by atoms with Crippen LogP contribution >= 0.6 is 0 Å². The third-order valence-electron chi connectivity index (χ3n) is 2.83. The van der Waals surface area contributed by atoms with E-state index in [0.717, 1.165) is 12.1 Å². The highest BCUT2D eigenvalue weighted by molar-refractivity contribution is 5.75. The van der Waals surface area contributed by atoms with Crippen LogP contribution in [0.5, 0.6) is 0 Å². The van der Waals surface area contributed by atoms with E-state index in [9.17, 15) is 9.18 Å². The molecule has 0 aliphatic rings. The molecular formula is C14H20FNO. The van der Waals surface area contributed by atoms with Gasteiger partial charge in [0.25, 0.3) is 0 Å². The first kappa shape index (κ1) is 13.8. The van der Waals surface area contributed by atoms with Crippen LogP contribution in [-0.2, 0) is 10.2 Å². The first-order valence-electron chi connectivity index (χ1n) is 5.88. The number of hydrogen-bond donors (Lipinski definition) is 1. The number of rotatable bonds is 6. The number of Topliss-reactive ketones (excluding diaryl/α,β-unsaturated/α-hetero) is 1. The van der Waals surface area contributed by atoms with Gasteiger partial charge in [0.15, 0.2) is 0 Å². The van der Waals surface area contributed by atoms with Crippen LogP contribution in [0.15, 0.2) is 24.3 Å². The number of benzene rings is 1. The molecule has 0 heterocycles. The molecule has 0 aliphatic heterocycles. The second-order valence-corrected chi connectivity index (χ2v) is 5.02. The largest absolute Gasteiger partial charge is 0.315 e. The van der Waals surface area contributed by atoms with E-state index in [1.807, 2.05) is 6.07 Å². The Bertz CT molecular complexity index is 388. The zero-order valence-corrected chi connectivity index (χ0v) is 10.7. The molecule has 0 spiro atoms. The Morgan fingerprint density at radius 3 is 2.71 bits per heavy atom. The Kier molecular flexibility index (Phi) is 4.82. The quantitative estimate of drug-likeness (QED) is 0.771. The van der Waals surface area contributed by atoms with E-state index in [4.69, 9.17) is 0 Å². The molecule has 1 rings (SSSR count). The molecule has 1 N–H and O–H groups in total. The summed E-state index contributed by atoms with van der Waals surface area (Å²) in [5.74, 6) is -0.0274. The molecule has 0 aromatic heterocycles. The van der Waals surface area contributed by atoms with Gasteiger partial charge in [0.05, 0.1) is 0 Å². The van der Waals surface area contributed by atoms with E-state index >= 15 is 0 Å². The van der Waals surface area contributed by atoms with Gasteiger partial charge in [-0.05, 0) is 24.6 Å². The van der Waals surface area contributed by atoms with Gasteiger partial charge in [-0.3, -0.25) is 4.79 Å². The van der Waals surface area contributed by atoms with E-state index in [1.165, 1.54) is 6.07 Å². The topological polar surface area (TPSA) is 29.1 Å². The van der Waals surface area contributed by atoms with Crippen molar-refractivity contribution >= 4 is 5.78 Å². The molecule has 0 saturated carbocycles. The lowest BCUT2D eigenvalue weighted by Crippen LogP contribution is -2.34. The predicted octanol–water partition coefficient (Wildman–Crippen LogP) is 2.67. The van der Waals surface area contributed by atoms with Crippen molar-refractivity contribution < 1.29 is 9.18 Å². The van der Waals surface area contributed by atoms with Crippen molar-refractivity contribution in [3.05, 3.63) is 35.6 Å². The maximum absolute atomic E-state index is 13.1. The van der Waals surface area contributed by atoms with Crippen LogP contribution in [0.2, 0.25) is 0 Å². The van der Waals surface area contributed by atoms with E-state index in [2.05, 4.69) is 19.2 Å². The summed E-state index contributed by atoms with van der Waals surface area (Å²) in [7, 11) is 0. The molecule has 0 saturated heterocycles. The summed E-state index contributed by atoms with van der Waals surface area (Å²) >= 11 is 0. The maximum atomic E-state index is 13.1. The molecule has 0 atom stereocenters. The number of carbonyl (C=O) groups is 1. The highest BCUT2D eigenvalue weighted by Crippen LogP contribution is 2.22.